The van der Waals surface area contributed by atoms with Crippen LogP contribution in [0.5, 0.6) is 0 Å². The molecule has 0 saturated heterocycles. The van der Waals surface area contributed by atoms with Crippen LogP contribution in [0.4, 0.5) is 4.39 Å². The number of carbonyl (C=O) groups excluding carboxylic acids is 1. The topological polar surface area (TPSA) is 63.9 Å². The molecular formula is C17H16FN5OS. The second kappa shape index (κ2) is 6.03. The Balaban J connectivity index is 1.63. The van der Waals surface area contributed by atoms with Gasteiger partial charge in [-0.3, -0.25) is 4.79 Å². The first kappa shape index (κ1) is 15.9. The van der Waals surface area contributed by atoms with Gasteiger partial charge in [0.2, 0.25) is 0 Å². The average Bonchev–Trinajstić information content (AvgIpc) is 3.21. The van der Waals surface area contributed by atoms with E-state index >= 15 is 0 Å². The zero-order chi connectivity index (χ0) is 17.6. The van der Waals surface area contributed by atoms with Gasteiger partial charge in [0.15, 0.2) is 16.7 Å². The van der Waals surface area contributed by atoms with Gasteiger partial charge in [0, 0.05) is 29.7 Å². The van der Waals surface area contributed by atoms with Crippen LogP contribution < -0.4 is 0 Å². The number of benzene rings is 1. The summed E-state index contributed by atoms with van der Waals surface area (Å²) < 4.78 is 15.1. The Labute approximate surface area is 148 Å². The van der Waals surface area contributed by atoms with E-state index in [1.807, 2.05) is 24.6 Å². The molecule has 3 aromatic rings. The molecule has 0 N–H and O–H groups in total. The standard InChI is InChI=1S/C17H16FN5OS/c1-10-9-19-16(25-10)15-21-20-14-11(2)22(7-8-23(14)15)17(24)12-3-5-13(18)6-4-12/h3-6,9,11H,7-8H2,1-2H3/t11-/m1/s1. The Morgan fingerprint density at radius 3 is 2.68 bits per heavy atom. The minimum atomic E-state index is -0.355. The molecule has 25 heavy (non-hydrogen) atoms. The van der Waals surface area contributed by atoms with E-state index < -0.39 is 0 Å². The average molecular weight is 357 g/mol. The normalized spacial score (nSPS) is 16.8. The van der Waals surface area contributed by atoms with Gasteiger partial charge in [-0.25, -0.2) is 9.37 Å². The maximum Gasteiger partial charge on any atom is 0.254 e. The molecule has 0 radical (unpaired) electrons. The van der Waals surface area contributed by atoms with E-state index in [1.54, 1.807) is 16.2 Å². The molecule has 8 heteroatoms. The van der Waals surface area contributed by atoms with Crippen molar-refractivity contribution in [3.8, 4) is 10.8 Å². The van der Waals surface area contributed by atoms with Crippen molar-refractivity contribution in [2.45, 2.75) is 26.4 Å². The molecular weight excluding hydrogens is 341 g/mol. The monoisotopic (exact) mass is 357 g/mol. The fourth-order valence-corrected chi connectivity index (χ4v) is 3.80. The summed E-state index contributed by atoms with van der Waals surface area (Å²) in [5.74, 6) is 0.998. The minimum absolute atomic E-state index is 0.131. The highest BCUT2D eigenvalue weighted by Crippen LogP contribution is 2.31. The Bertz CT molecular complexity index is 933. The molecule has 0 unspecified atom stereocenters. The lowest BCUT2D eigenvalue weighted by atomic mass is 10.1. The van der Waals surface area contributed by atoms with Crippen molar-refractivity contribution in [2.24, 2.45) is 0 Å². The highest BCUT2D eigenvalue weighted by molar-refractivity contribution is 7.14. The molecule has 1 aliphatic rings. The number of thiazole rings is 1. The summed E-state index contributed by atoms with van der Waals surface area (Å²) >= 11 is 1.57. The van der Waals surface area contributed by atoms with E-state index in [-0.39, 0.29) is 17.8 Å². The van der Waals surface area contributed by atoms with Crippen molar-refractivity contribution < 1.29 is 9.18 Å². The van der Waals surface area contributed by atoms with Crippen molar-refractivity contribution in [2.75, 3.05) is 6.54 Å². The Hall–Kier alpha value is -2.61. The number of aryl methyl sites for hydroxylation is 1. The fourth-order valence-electron chi connectivity index (χ4n) is 3.04. The molecule has 4 rings (SSSR count). The van der Waals surface area contributed by atoms with Gasteiger partial charge in [0.05, 0.1) is 6.04 Å². The maximum absolute atomic E-state index is 13.1. The van der Waals surface area contributed by atoms with Crippen LogP contribution in [0.2, 0.25) is 0 Å². The van der Waals surface area contributed by atoms with Gasteiger partial charge in [-0.1, -0.05) is 0 Å². The third-order valence-corrected chi connectivity index (χ3v) is 5.26. The lowest BCUT2D eigenvalue weighted by Gasteiger charge is -2.33. The predicted molar refractivity (Wildman–Crippen MR) is 91.7 cm³/mol. The van der Waals surface area contributed by atoms with E-state index in [0.29, 0.717) is 18.7 Å². The number of nitrogens with zero attached hydrogens (tertiary/aromatic N) is 5. The van der Waals surface area contributed by atoms with Gasteiger partial charge >= 0.3 is 0 Å². The van der Waals surface area contributed by atoms with Crippen LogP contribution in [0.3, 0.4) is 0 Å². The van der Waals surface area contributed by atoms with Crippen LogP contribution in [-0.4, -0.2) is 37.1 Å². The molecule has 6 nitrogen and oxygen atoms in total. The first-order valence-electron chi connectivity index (χ1n) is 7.97. The summed E-state index contributed by atoms with van der Waals surface area (Å²) in [5.41, 5.74) is 0.469. The van der Waals surface area contributed by atoms with Crippen LogP contribution in [0.15, 0.2) is 30.5 Å². The second-order valence-corrected chi connectivity index (χ2v) is 7.23. The van der Waals surface area contributed by atoms with Crippen molar-refractivity contribution in [3.63, 3.8) is 0 Å². The van der Waals surface area contributed by atoms with Crippen molar-refractivity contribution in [1.29, 1.82) is 0 Å². The summed E-state index contributed by atoms with van der Waals surface area (Å²) in [6, 6.07) is 5.40. The molecule has 3 heterocycles. The highest BCUT2D eigenvalue weighted by atomic mass is 32.1. The van der Waals surface area contributed by atoms with Crippen molar-refractivity contribution >= 4 is 17.2 Å². The molecule has 2 aromatic heterocycles. The zero-order valence-corrected chi connectivity index (χ0v) is 14.6. The number of aromatic nitrogens is 4. The third kappa shape index (κ3) is 2.72. The van der Waals surface area contributed by atoms with Gasteiger partial charge < -0.3 is 9.47 Å². The molecule has 0 bridgehead atoms. The maximum atomic E-state index is 13.1. The van der Waals surface area contributed by atoms with E-state index in [0.717, 1.165) is 21.5 Å². The third-order valence-electron chi connectivity index (χ3n) is 4.35. The largest absolute Gasteiger partial charge is 0.327 e. The number of amides is 1. The number of halogens is 1. The summed E-state index contributed by atoms with van der Waals surface area (Å²) in [6.07, 6.45) is 1.82. The molecule has 0 spiro atoms. The van der Waals surface area contributed by atoms with Crippen molar-refractivity contribution in [1.82, 2.24) is 24.6 Å². The molecule has 0 aliphatic carbocycles. The van der Waals surface area contributed by atoms with Gasteiger partial charge in [0.1, 0.15) is 5.82 Å². The fraction of sp³-hybridized carbons (Fsp3) is 0.294. The second-order valence-electron chi connectivity index (χ2n) is 5.99. The van der Waals surface area contributed by atoms with Gasteiger partial charge in [0.25, 0.3) is 5.91 Å². The highest BCUT2D eigenvalue weighted by Gasteiger charge is 2.32. The SMILES string of the molecule is Cc1cnc(-c2nnc3n2CCN(C(=O)c2ccc(F)cc2)[C@@H]3C)s1. The molecule has 1 amide bonds. The van der Waals surface area contributed by atoms with Crippen LogP contribution in [0.1, 0.15) is 34.0 Å². The van der Waals surface area contributed by atoms with E-state index in [2.05, 4.69) is 15.2 Å². The lowest BCUT2D eigenvalue weighted by Crippen LogP contribution is -2.41. The molecule has 1 atom stereocenters. The number of hydrogen-bond acceptors (Lipinski definition) is 5. The van der Waals surface area contributed by atoms with E-state index in [9.17, 15) is 9.18 Å². The number of fused-ring (bicyclic) bond motifs is 1. The minimum Gasteiger partial charge on any atom is -0.327 e. The first-order chi connectivity index (χ1) is 12.0. The number of hydrogen-bond donors (Lipinski definition) is 0. The molecule has 0 saturated carbocycles. The summed E-state index contributed by atoms with van der Waals surface area (Å²) in [4.78, 5) is 20.0. The molecule has 128 valence electrons. The van der Waals surface area contributed by atoms with Gasteiger partial charge in [-0.2, -0.15) is 0 Å². The first-order valence-corrected chi connectivity index (χ1v) is 8.78. The summed E-state index contributed by atoms with van der Waals surface area (Å²) in [6.45, 7) is 5.08. The van der Waals surface area contributed by atoms with Gasteiger partial charge in [-0.05, 0) is 38.1 Å². The van der Waals surface area contributed by atoms with Crippen LogP contribution in [-0.2, 0) is 6.54 Å². The van der Waals surface area contributed by atoms with Crippen LogP contribution in [0, 0.1) is 12.7 Å². The summed E-state index contributed by atoms with van der Waals surface area (Å²) in [5, 5.41) is 9.41. The Morgan fingerprint density at radius 2 is 2.00 bits per heavy atom. The van der Waals surface area contributed by atoms with Crippen LogP contribution in [0.25, 0.3) is 10.8 Å². The van der Waals surface area contributed by atoms with Crippen LogP contribution >= 0.6 is 11.3 Å². The molecule has 1 aromatic carbocycles. The van der Waals surface area contributed by atoms with Crippen molar-refractivity contribution in [3.05, 3.63) is 52.5 Å². The smallest absolute Gasteiger partial charge is 0.254 e. The molecule has 0 fully saturated rings. The van der Waals surface area contributed by atoms with E-state index in [4.69, 9.17) is 0 Å². The number of carbonyl (C=O) groups is 1. The predicted octanol–water partition coefficient (Wildman–Crippen LogP) is 3.07. The Morgan fingerprint density at radius 1 is 1.24 bits per heavy atom. The molecule has 1 aliphatic heterocycles. The zero-order valence-electron chi connectivity index (χ0n) is 13.8. The lowest BCUT2D eigenvalue weighted by molar-refractivity contribution is 0.0638. The quantitative estimate of drug-likeness (QED) is 0.707. The van der Waals surface area contributed by atoms with Gasteiger partial charge in [-0.15, -0.1) is 21.5 Å². The van der Waals surface area contributed by atoms with E-state index in [1.165, 1.54) is 24.3 Å². The Kier molecular flexibility index (Phi) is 3.84. The number of rotatable bonds is 2. The summed E-state index contributed by atoms with van der Waals surface area (Å²) in [7, 11) is 0.